The fourth-order valence-electron chi connectivity index (χ4n) is 2.34. The second-order valence-corrected chi connectivity index (χ2v) is 5.71. The molecule has 98 valence electrons. The number of nitrogens with one attached hydrogen (secondary N) is 2. The number of carbonyl (C=O) groups excluding carboxylic acids is 1. The molecule has 0 saturated carbocycles. The monoisotopic (exact) mass is 310 g/mol. The third-order valence-electron chi connectivity index (χ3n) is 3.37. The Kier molecular flexibility index (Phi) is 4.78. The third-order valence-corrected chi connectivity index (χ3v) is 3.87. The molecule has 2 N–H and O–H groups in total. The zero-order valence-corrected chi connectivity index (χ0v) is 12.2. The molecule has 0 bridgehead atoms. The summed E-state index contributed by atoms with van der Waals surface area (Å²) in [6.07, 6.45) is 3.50. The Morgan fingerprint density at radius 3 is 3.06 bits per heavy atom. The van der Waals surface area contributed by atoms with Gasteiger partial charge in [-0.25, -0.2) is 0 Å². The summed E-state index contributed by atoms with van der Waals surface area (Å²) in [6.45, 7) is 3.81. The highest BCUT2D eigenvalue weighted by Gasteiger charge is 2.14. The number of halogens is 1. The average Bonchev–Trinajstić information content (AvgIpc) is 2.81. The Labute approximate surface area is 116 Å². The summed E-state index contributed by atoms with van der Waals surface area (Å²) in [6, 6.07) is 6.31. The van der Waals surface area contributed by atoms with Crippen molar-refractivity contribution in [3.8, 4) is 0 Å². The summed E-state index contributed by atoms with van der Waals surface area (Å²) in [5, 5.41) is 6.42. The van der Waals surface area contributed by atoms with Crippen LogP contribution in [0.2, 0.25) is 0 Å². The highest BCUT2D eigenvalue weighted by atomic mass is 79.9. The first kappa shape index (κ1) is 13.6. The molecular weight excluding hydrogens is 292 g/mol. The van der Waals surface area contributed by atoms with Gasteiger partial charge in [0.15, 0.2) is 0 Å². The van der Waals surface area contributed by atoms with Gasteiger partial charge in [-0.2, -0.15) is 0 Å². The van der Waals surface area contributed by atoms with E-state index >= 15 is 0 Å². The molecule has 2 rings (SSSR count). The van der Waals surface area contributed by atoms with Crippen molar-refractivity contribution in [2.75, 3.05) is 13.1 Å². The fraction of sp³-hybridized carbons (Fsp3) is 0.500. The molecule has 1 heterocycles. The predicted molar refractivity (Wildman–Crippen MR) is 76.9 cm³/mol. The number of benzene rings is 1. The second kappa shape index (κ2) is 6.34. The second-order valence-electron chi connectivity index (χ2n) is 4.80. The minimum atomic E-state index is 0.0259. The van der Waals surface area contributed by atoms with Crippen LogP contribution in [0.1, 0.15) is 35.2 Å². The van der Waals surface area contributed by atoms with Gasteiger partial charge in [0, 0.05) is 22.6 Å². The van der Waals surface area contributed by atoms with Gasteiger partial charge in [0.25, 0.3) is 5.91 Å². The van der Waals surface area contributed by atoms with E-state index in [0.29, 0.717) is 6.04 Å². The molecule has 3 nitrogen and oxygen atoms in total. The molecule has 1 aromatic carbocycles. The summed E-state index contributed by atoms with van der Waals surface area (Å²) in [4.78, 5) is 12.0. The van der Waals surface area contributed by atoms with E-state index in [-0.39, 0.29) is 5.91 Å². The number of hydrogen-bond acceptors (Lipinski definition) is 2. The average molecular weight is 311 g/mol. The molecule has 0 aliphatic carbocycles. The predicted octanol–water partition coefficient (Wildman–Crippen LogP) is 2.63. The normalized spacial score (nSPS) is 18.9. The Bertz CT molecular complexity index is 428. The molecule has 4 heteroatoms. The molecule has 1 aromatic rings. The van der Waals surface area contributed by atoms with Gasteiger partial charge in [-0.1, -0.05) is 15.9 Å². The lowest BCUT2D eigenvalue weighted by Crippen LogP contribution is -2.30. The van der Waals surface area contributed by atoms with Gasteiger partial charge in [-0.05, 0) is 56.5 Å². The molecule has 0 aromatic heterocycles. The molecule has 1 aliphatic heterocycles. The molecule has 1 atom stereocenters. The van der Waals surface area contributed by atoms with Crippen LogP contribution in [0.5, 0.6) is 0 Å². The van der Waals surface area contributed by atoms with Crippen molar-refractivity contribution in [2.45, 2.75) is 32.2 Å². The van der Waals surface area contributed by atoms with Crippen molar-refractivity contribution in [1.82, 2.24) is 10.6 Å². The lowest BCUT2D eigenvalue weighted by atomic mass is 10.1. The summed E-state index contributed by atoms with van der Waals surface area (Å²) < 4.78 is 1.01. The summed E-state index contributed by atoms with van der Waals surface area (Å²) in [5.41, 5.74) is 1.76. The van der Waals surface area contributed by atoms with Crippen LogP contribution in [-0.2, 0) is 0 Å². The van der Waals surface area contributed by atoms with E-state index in [4.69, 9.17) is 0 Å². The summed E-state index contributed by atoms with van der Waals surface area (Å²) in [7, 11) is 0. The number of rotatable bonds is 4. The van der Waals surface area contributed by atoms with Crippen LogP contribution in [0, 0.1) is 6.92 Å². The van der Waals surface area contributed by atoms with Gasteiger partial charge in [-0.3, -0.25) is 4.79 Å². The van der Waals surface area contributed by atoms with Gasteiger partial charge in [0.1, 0.15) is 0 Å². The van der Waals surface area contributed by atoms with Crippen molar-refractivity contribution < 1.29 is 4.79 Å². The van der Waals surface area contributed by atoms with Gasteiger partial charge in [-0.15, -0.1) is 0 Å². The van der Waals surface area contributed by atoms with E-state index in [0.717, 1.165) is 35.1 Å². The smallest absolute Gasteiger partial charge is 0.251 e. The maximum atomic E-state index is 12.0. The van der Waals surface area contributed by atoms with Crippen molar-refractivity contribution >= 4 is 21.8 Å². The largest absolute Gasteiger partial charge is 0.352 e. The minimum Gasteiger partial charge on any atom is -0.352 e. The Morgan fingerprint density at radius 2 is 2.39 bits per heavy atom. The lowest BCUT2D eigenvalue weighted by molar-refractivity contribution is 0.0951. The molecule has 1 fully saturated rings. The maximum Gasteiger partial charge on any atom is 0.251 e. The van der Waals surface area contributed by atoms with Crippen molar-refractivity contribution in [3.63, 3.8) is 0 Å². The first-order valence-corrected chi connectivity index (χ1v) is 7.24. The highest BCUT2D eigenvalue weighted by molar-refractivity contribution is 9.10. The van der Waals surface area contributed by atoms with E-state index in [2.05, 4.69) is 26.6 Å². The van der Waals surface area contributed by atoms with Gasteiger partial charge in [0.2, 0.25) is 0 Å². The lowest BCUT2D eigenvalue weighted by Gasteiger charge is -2.11. The van der Waals surface area contributed by atoms with Crippen LogP contribution in [-0.4, -0.2) is 25.0 Å². The third kappa shape index (κ3) is 3.56. The van der Waals surface area contributed by atoms with Crippen LogP contribution >= 0.6 is 15.9 Å². The zero-order valence-electron chi connectivity index (χ0n) is 10.6. The van der Waals surface area contributed by atoms with E-state index in [1.165, 1.54) is 12.8 Å². The Hall–Kier alpha value is -0.870. The molecule has 1 saturated heterocycles. The number of hydrogen-bond donors (Lipinski definition) is 2. The summed E-state index contributed by atoms with van der Waals surface area (Å²) in [5.74, 6) is 0.0259. The van der Waals surface area contributed by atoms with Crippen molar-refractivity contribution in [3.05, 3.63) is 33.8 Å². The van der Waals surface area contributed by atoms with Crippen molar-refractivity contribution in [1.29, 1.82) is 0 Å². The highest BCUT2D eigenvalue weighted by Crippen LogP contribution is 2.15. The SMILES string of the molecule is Cc1cc(Br)ccc1C(=O)NCC[C@@H]1CCCN1. The van der Waals surface area contributed by atoms with Gasteiger partial charge >= 0.3 is 0 Å². The van der Waals surface area contributed by atoms with E-state index in [1.54, 1.807) is 0 Å². The van der Waals surface area contributed by atoms with Crippen LogP contribution in [0.3, 0.4) is 0 Å². The zero-order chi connectivity index (χ0) is 13.0. The Balaban J connectivity index is 1.83. The Morgan fingerprint density at radius 1 is 1.56 bits per heavy atom. The minimum absolute atomic E-state index is 0.0259. The standard InChI is InChI=1S/C14H19BrN2O/c1-10-9-11(15)4-5-13(10)14(18)17-8-6-12-3-2-7-16-12/h4-5,9,12,16H,2-3,6-8H2,1H3,(H,17,18)/t12-/m0/s1. The van der Waals surface area contributed by atoms with Crippen LogP contribution in [0.15, 0.2) is 22.7 Å². The first-order chi connectivity index (χ1) is 8.66. The maximum absolute atomic E-state index is 12.0. The van der Waals surface area contributed by atoms with Crippen LogP contribution in [0.4, 0.5) is 0 Å². The van der Waals surface area contributed by atoms with Crippen molar-refractivity contribution in [2.24, 2.45) is 0 Å². The fourth-order valence-corrected chi connectivity index (χ4v) is 2.82. The van der Waals surface area contributed by atoms with Crippen LogP contribution in [0.25, 0.3) is 0 Å². The van der Waals surface area contributed by atoms with Gasteiger partial charge < -0.3 is 10.6 Å². The van der Waals surface area contributed by atoms with Gasteiger partial charge in [0.05, 0.1) is 0 Å². The van der Waals surface area contributed by atoms with E-state index in [1.807, 2.05) is 25.1 Å². The number of amides is 1. The number of carbonyl (C=O) groups is 1. The number of aryl methyl sites for hydroxylation is 1. The first-order valence-electron chi connectivity index (χ1n) is 6.44. The summed E-state index contributed by atoms with van der Waals surface area (Å²) >= 11 is 3.40. The molecule has 1 aliphatic rings. The molecule has 1 amide bonds. The molecule has 18 heavy (non-hydrogen) atoms. The van der Waals surface area contributed by atoms with E-state index < -0.39 is 0 Å². The molecule has 0 unspecified atom stereocenters. The molecule has 0 radical (unpaired) electrons. The molecule has 0 spiro atoms. The quantitative estimate of drug-likeness (QED) is 0.897. The molecular formula is C14H19BrN2O. The van der Waals surface area contributed by atoms with Crippen LogP contribution < -0.4 is 10.6 Å². The topological polar surface area (TPSA) is 41.1 Å². The van der Waals surface area contributed by atoms with E-state index in [9.17, 15) is 4.79 Å².